The Balaban J connectivity index is 3.39. The summed E-state index contributed by atoms with van der Waals surface area (Å²) in [6, 6.07) is -0.945. The first-order valence-electron chi connectivity index (χ1n) is 2.84. The van der Waals surface area contributed by atoms with Crippen molar-refractivity contribution < 1.29 is 14.7 Å². The predicted octanol–water partition coefficient (Wildman–Crippen LogP) is -1.06. The predicted molar refractivity (Wildman–Crippen MR) is 41.0 cm³/mol. The zero-order valence-electron chi connectivity index (χ0n) is 5.74. The van der Waals surface area contributed by atoms with Gasteiger partial charge in [0, 0.05) is 5.75 Å². The van der Waals surface area contributed by atoms with E-state index < -0.39 is 17.9 Å². The van der Waals surface area contributed by atoms with E-state index in [1.165, 1.54) is 0 Å². The Labute approximate surface area is 68.1 Å². The van der Waals surface area contributed by atoms with Gasteiger partial charge in [-0.1, -0.05) is 0 Å². The summed E-state index contributed by atoms with van der Waals surface area (Å²) >= 11 is 1.05. The molecule has 0 fully saturated rings. The van der Waals surface area contributed by atoms with Crippen molar-refractivity contribution in [3.05, 3.63) is 0 Å². The van der Waals surface area contributed by atoms with Crippen LogP contribution in [-0.4, -0.2) is 34.5 Å². The Hall–Kier alpha value is -0.750. The molecule has 0 heterocycles. The van der Waals surface area contributed by atoms with Crippen molar-refractivity contribution in [2.75, 3.05) is 11.5 Å². The molecule has 0 aromatic rings. The minimum Gasteiger partial charge on any atom is -0.480 e. The molecule has 0 rings (SSSR count). The van der Waals surface area contributed by atoms with Crippen LogP contribution in [-0.2, 0) is 9.59 Å². The third kappa shape index (κ3) is 5.68. The number of aliphatic carboxylic acids is 1. The number of amides is 1. The fraction of sp³-hybridized carbons (Fsp3) is 0.600. The first-order valence-corrected chi connectivity index (χ1v) is 4.00. The molecule has 1 atom stereocenters. The second kappa shape index (κ2) is 4.97. The molecular weight excluding hydrogens is 168 g/mol. The third-order valence-electron chi connectivity index (χ3n) is 0.848. The van der Waals surface area contributed by atoms with Gasteiger partial charge in [-0.3, -0.25) is 15.3 Å². The zero-order chi connectivity index (χ0) is 8.85. The van der Waals surface area contributed by atoms with Gasteiger partial charge >= 0.3 is 5.97 Å². The summed E-state index contributed by atoms with van der Waals surface area (Å²) in [5.74, 6) is -1.64. The van der Waals surface area contributed by atoms with Crippen LogP contribution in [0.25, 0.3) is 0 Å². The molecule has 0 saturated heterocycles. The van der Waals surface area contributed by atoms with E-state index in [2.05, 4.69) is 0 Å². The van der Waals surface area contributed by atoms with Gasteiger partial charge in [0.2, 0.25) is 5.91 Å². The Morgan fingerprint density at radius 3 is 2.55 bits per heavy atom. The fourth-order valence-corrected chi connectivity index (χ4v) is 1.05. The summed E-state index contributed by atoms with van der Waals surface area (Å²) in [6.07, 6.45) is 0. The van der Waals surface area contributed by atoms with E-state index in [9.17, 15) is 9.59 Å². The number of nitrogens with one attached hydrogen (secondary N) is 1. The maximum absolute atomic E-state index is 10.1. The highest BCUT2D eigenvalue weighted by Crippen LogP contribution is 2.00. The number of hydrogen-bond acceptors (Lipinski definition) is 4. The molecule has 0 aromatic heterocycles. The van der Waals surface area contributed by atoms with Crippen LogP contribution in [0.1, 0.15) is 0 Å². The van der Waals surface area contributed by atoms with Crippen molar-refractivity contribution in [2.45, 2.75) is 6.04 Å². The number of carbonyl (C=O) groups excluding carboxylic acids is 1. The van der Waals surface area contributed by atoms with Crippen LogP contribution < -0.4 is 11.5 Å². The second-order valence-corrected chi connectivity index (χ2v) is 2.91. The normalized spacial score (nSPS) is 12.5. The molecule has 0 unspecified atom stereocenters. The van der Waals surface area contributed by atoms with Gasteiger partial charge in [-0.05, 0) is 0 Å². The molecule has 0 aliphatic heterocycles. The van der Waals surface area contributed by atoms with Crippen LogP contribution >= 0.6 is 11.8 Å². The zero-order valence-corrected chi connectivity index (χ0v) is 6.56. The summed E-state index contributed by atoms with van der Waals surface area (Å²) in [7, 11) is 0. The number of thioether (sulfide) groups is 1. The van der Waals surface area contributed by atoms with Gasteiger partial charge in [-0.25, -0.2) is 0 Å². The highest BCUT2D eigenvalue weighted by molar-refractivity contribution is 8.00. The Kier molecular flexibility index (Phi) is 4.64. The van der Waals surface area contributed by atoms with Gasteiger partial charge in [0.25, 0.3) is 0 Å². The van der Waals surface area contributed by atoms with Gasteiger partial charge in [0.1, 0.15) is 6.04 Å². The lowest BCUT2D eigenvalue weighted by molar-refractivity contribution is -0.137. The topological polar surface area (TPSA) is 104 Å². The number of carboxylic acid groups (broad SMARTS) is 1. The minimum atomic E-state index is -1.09. The minimum absolute atomic E-state index is 0.000972. The van der Waals surface area contributed by atoms with E-state index in [0.717, 1.165) is 11.8 Å². The van der Waals surface area contributed by atoms with E-state index in [1.54, 1.807) is 0 Å². The Bertz CT molecular complexity index is 162. The Morgan fingerprint density at radius 2 is 2.18 bits per heavy atom. The average molecular weight is 177 g/mol. The largest absolute Gasteiger partial charge is 0.480 e. The number of rotatable bonds is 5. The molecule has 0 spiro atoms. The highest BCUT2D eigenvalue weighted by Gasteiger charge is 2.11. The Morgan fingerprint density at radius 1 is 1.64 bits per heavy atom. The fourth-order valence-electron chi connectivity index (χ4n) is 0.350. The standard InChI is InChI=1S/C5H9N2O3S/c6-3(5(9)10)1-11-2-4(7)8/h3,7H,1-2,6H2,(H,9,10)/t3-/m1/s1. The van der Waals surface area contributed by atoms with Gasteiger partial charge in [-0.15, -0.1) is 11.8 Å². The van der Waals surface area contributed by atoms with Gasteiger partial charge in [0.15, 0.2) is 0 Å². The molecule has 1 radical (unpaired) electrons. The number of carboxylic acids is 1. The molecule has 1 amide bonds. The molecule has 4 N–H and O–H groups in total. The van der Waals surface area contributed by atoms with Gasteiger partial charge < -0.3 is 10.8 Å². The van der Waals surface area contributed by atoms with E-state index in [1.807, 2.05) is 0 Å². The molecule has 0 aliphatic carbocycles. The molecule has 0 aromatic carbocycles. The first kappa shape index (κ1) is 10.2. The van der Waals surface area contributed by atoms with Crippen molar-refractivity contribution in [3.63, 3.8) is 0 Å². The highest BCUT2D eigenvalue weighted by atomic mass is 32.2. The maximum atomic E-state index is 10.1. The molecule has 63 valence electrons. The quantitative estimate of drug-likeness (QED) is 0.557. The van der Waals surface area contributed by atoms with Crippen LogP contribution in [0, 0.1) is 0 Å². The summed E-state index contributed by atoms with van der Waals surface area (Å²) in [5, 5.41) is 8.28. The van der Waals surface area contributed by atoms with Crippen LogP contribution in [0.4, 0.5) is 0 Å². The smallest absolute Gasteiger partial charge is 0.321 e. The van der Waals surface area contributed by atoms with E-state index >= 15 is 0 Å². The molecule has 6 heteroatoms. The number of hydrogen-bond donors (Lipinski definition) is 2. The van der Waals surface area contributed by atoms with Crippen molar-refractivity contribution in [3.8, 4) is 0 Å². The molecular formula is C5H9N2O3S. The van der Waals surface area contributed by atoms with Crippen molar-refractivity contribution in [1.82, 2.24) is 5.73 Å². The summed E-state index contributed by atoms with van der Waals surface area (Å²) in [6.45, 7) is 0. The van der Waals surface area contributed by atoms with Crippen LogP contribution in [0.5, 0.6) is 0 Å². The van der Waals surface area contributed by atoms with Crippen LogP contribution in [0.15, 0.2) is 0 Å². The van der Waals surface area contributed by atoms with Crippen LogP contribution in [0.3, 0.4) is 0 Å². The van der Waals surface area contributed by atoms with Crippen LogP contribution in [0.2, 0.25) is 0 Å². The maximum Gasteiger partial charge on any atom is 0.321 e. The van der Waals surface area contributed by atoms with E-state index in [4.69, 9.17) is 16.6 Å². The first-order chi connectivity index (χ1) is 5.04. The van der Waals surface area contributed by atoms with Crippen molar-refractivity contribution in [1.29, 1.82) is 0 Å². The lowest BCUT2D eigenvalue weighted by Gasteiger charge is -2.02. The molecule has 0 aliphatic rings. The molecule has 0 bridgehead atoms. The van der Waals surface area contributed by atoms with Crippen molar-refractivity contribution >= 4 is 23.6 Å². The lowest BCUT2D eigenvalue weighted by atomic mass is 10.4. The summed E-state index contributed by atoms with van der Waals surface area (Å²) in [4.78, 5) is 20.2. The van der Waals surface area contributed by atoms with Crippen molar-refractivity contribution in [2.24, 2.45) is 5.73 Å². The lowest BCUT2D eigenvalue weighted by Crippen LogP contribution is -2.32. The summed E-state index contributed by atoms with van der Waals surface area (Å²) in [5.41, 5.74) is 11.6. The van der Waals surface area contributed by atoms with Gasteiger partial charge in [0.05, 0.1) is 5.75 Å². The monoisotopic (exact) mass is 177 g/mol. The number of carbonyl (C=O) groups is 2. The average Bonchev–Trinajstić information content (AvgIpc) is 1.86. The third-order valence-corrected chi connectivity index (χ3v) is 1.91. The van der Waals surface area contributed by atoms with Gasteiger partial charge in [-0.2, -0.15) is 0 Å². The second-order valence-electron chi connectivity index (χ2n) is 1.88. The number of nitrogens with two attached hydrogens (primary N) is 1. The molecule has 11 heavy (non-hydrogen) atoms. The van der Waals surface area contributed by atoms with E-state index in [-0.39, 0.29) is 11.5 Å². The molecule has 0 saturated carbocycles. The molecule has 5 nitrogen and oxygen atoms in total. The van der Waals surface area contributed by atoms with E-state index in [0.29, 0.717) is 0 Å². The SMILES string of the molecule is [NH]C(=O)CSC[C@@H](N)C(=O)O. The summed E-state index contributed by atoms with van der Waals surface area (Å²) < 4.78 is 0.